The van der Waals surface area contributed by atoms with Gasteiger partial charge in [0, 0.05) is 30.8 Å². The molecule has 0 radical (unpaired) electrons. The maximum Gasteiger partial charge on any atom is 0.258 e. The molecule has 2 aromatic carbocycles. The van der Waals surface area contributed by atoms with E-state index in [0.29, 0.717) is 35.1 Å². The topological polar surface area (TPSA) is 125 Å². The number of ether oxygens (including phenoxy) is 1. The highest BCUT2D eigenvalue weighted by Gasteiger charge is 2.19. The predicted octanol–water partition coefficient (Wildman–Crippen LogP) is 2.96. The van der Waals surface area contributed by atoms with Crippen molar-refractivity contribution in [1.82, 2.24) is 20.4 Å². The van der Waals surface area contributed by atoms with Crippen LogP contribution in [0.3, 0.4) is 0 Å². The van der Waals surface area contributed by atoms with Gasteiger partial charge in [-0.3, -0.25) is 9.69 Å². The molecule has 2 heterocycles. The van der Waals surface area contributed by atoms with Crippen LogP contribution < -0.4 is 10.1 Å². The number of aliphatic hydroxyl groups is 1. The smallest absolute Gasteiger partial charge is 0.258 e. The third kappa shape index (κ3) is 6.27. The summed E-state index contributed by atoms with van der Waals surface area (Å²) >= 11 is 0. The number of nitrogens with one attached hydrogen (secondary N) is 1. The Morgan fingerprint density at radius 3 is 2.64 bits per heavy atom. The maximum atomic E-state index is 12.1. The summed E-state index contributed by atoms with van der Waals surface area (Å²) in [5.41, 5.74) is 4.37. The number of aliphatic hydroxyl groups excluding tert-OH is 1. The molecule has 1 aliphatic heterocycles. The second-order valence-electron chi connectivity index (χ2n) is 9.33. The fraction of sp³-hybridized carbons (Fsp3) is 0.407. The first-order valence-electron chi connectivity index (χ1n) is 12.2. The fourth-order valence-electron chi connectivity index (χ4n) is 4.15. The zero-order valence-corrected chi connectivity index (χ0v) is 20.8. The fourth-order valence-corrected chi connectivity index (χ4v) is 4.15. The van der Waals surface area contributed by atoms with Crippen molar-refractivity contribution in [3.8, 4) is 34.7 Å². The lowest BCUT2D eigenvalue weighted by molar-refractivity contribution is -0.122. The van der Waals surface area contributed by atoms with Crippen LogP contribution in [0.2, 0.25) is 0 Å². The predicted molar refractivity (Wildman–Crippen MR) is 134 cm³/mol. The minimum Gasteiger partial charge on any atom is -0.490 e. The summed E-state index contributed by atoms with van der Waals surface area (Å²) in [7, 11) is 0. The van der Waals surface area contributed by atoms with Gasteiger partial charge in [0.2, 0.25) is 11.7 Å². The normalized spacial score (nSPS) is 14.6. The molecule has 36 heavy (non-hydrogen) atoms. The zero-order chi connectivity index (χ0) is 25.7. The summed E-state index contributed by atoms with van der Waals surface area (Å²) in [6.07, 6.45) is 1.06. The molecule has 0 fully saturated rings. The van der Waals surface area contributed by atoms with Gasteiger partial charge in [-0.15, -0.1) is 0 Å². The van der Waals surface area contributed by atoms with Gasteiger partial charge < -0.3 is 19.7 Å². The van der Waals surface area contributed by atoms with E-state index in [1.807, 2.05) is 19.9 Å². The zero-order valence-electron chi connectivity index (χ0n) is 20.8. The molecule has 188 valence electrons. The molecule has 3 aromatic rings. The lowest BCUT2D eigenvalue weighted by Crippen LogP contribution is -2.40. The molecule has 1 amide bonds. The van der Waals surface area contributed by atoms with Crippen LogP contribution in [-0.2, 0) is 17.6 Å². The molecule has 1 aromatic heterocycles. The minimum atomic E-state index is -0.557. The number of amides is 1. The summed E-state index contributed by atoms with van der Waals surface area (Å²) in [5, 5.41) is 25.8. The van der Waals surface area contributed by atoms with E-state index in [4.69, 9.17) is 9.26 Å². The number of hydrogen-bond acceptors (Lipinski definition) is 8. The second kappa shape index (κ2) is 11.3. The number of nitriles is 1. The summed E-state index contributed by atoms with van der Waals surface area (Å²) in [6, 6.07) is 13.6. The van der Waals surface area contributed by atoms with Crippen LogP contribution in [0.1, 0.15) is 37.5 Å². The number of aromatic nitrogens is 2. The van der Waals surface area contributed by atoms with Crippen LogP contribution >= 0.6 is 0 Å². The van der Waals surface area contributed by atoms with Crippen molar-refractivity contribution in [1.29, 1.82) is 5.26 Å². The molecule has 0 saturated heterocycles. The van der Waals surface area contributed by atoms with E-state index in [9.17, 15) is 15.2 Å². The van der Waals surface area contributed by atoms with Gasteiger partial charge in [-0.1, -0.05) is 17.3 Å². The Bertz CT molecular complexity index is 1260. The lowest BCUT2D eigenvalue weighted by atomic mass is 10.00. The molecule has 1 atom stereocenters. The van der Waals surface area contributed by atoms with Gasteiger partial charge in [-0.2, -0.15) is 10.2 Å². The van der Waals surface area contributed by atoms with E-state index in [0.717, 1.165) is 31.5 Å². The van der Waals surface area contributed by atoms with Gasteiger partial charge >= 0.3 is 0 Å². The van der Waals surface area contributed by atoms with Crippen molar-refractivity contribution in [2.45, 2.75) is 45.8 Å². The van der Waals surface area contributed by atoms with Crippen molar-refractivity contribution in [3.05, 3.63) is 53.1 Å². The standard InChI is InChI=1S/C27H31N5O4/c1-17(2)35-24-7-6-22(13-23(24)14-28)27-30-26(31-36-27)21-5-4-19-8-10-32(11-9-20(19)12-21)16-25(34)29-15-18(3)33/h4-7,12-13,17-18,33H,8-11,15-16H2,1-3H3,(H,29,34). The summed E-state index contributed by atoms with van der Waals surface area (Å²) < 4.78 is 11.2. The number of carbonyl (C=O) groups is 1. The highest BCUT2D eigenvalue weighted by molar-refractivity contribution is 5.78. The molecule has 9 nitrogen and oxygen atoms in total. The molecule has 0 bridgehead atoms. The van der Waals surface area contributed by atoms with E-state index in [-0.39, 0.29) is 18.6 Å². The summed E-state index contributed by atoms with van der Waals surface area (Å²) in [6.45, 7) is 7.59. The van der Waals surface area contributed by atoms with Crippen LogP contribution in [-0.4, -0.2) is 64.4 Å². The van der Waals surface area contributed by atoms with E-state index in [1.165, 1.54) is 11.1 Å². The van der Waals surface area contributed by atoms with Crippen LogP contribution in [0.5, 0.6) is 5.75 Å². The first-order chi connectivity index (χ1) is 17.3. The third-order valence-electron chi connectivity index (χ3n) is 5.96. The summed E-state index contributed by atoms with van der Waals surface area (Å²) in [4.78, 5) is 18.8. The van der Waals surface area contributed by atoms with Gasteiger partial charge in [0.05, 0.1) is 24.3 Å². The average molecular weight is 490 g/mol. The Morgan fingerprint density at radius 2 is 1.92 bits per heavy atom. The van der Waals surface area contributed by atoms with Crippen molar-refractivity contribution in [2.24, 2.45) is 0 Å². The molecular formula is C27H31N5O4. The maximum absolute atomic E-state index is 12.1. The quantitative estimate of drug-likeness (QED) is 0.495. The molecule has 4 rings (SSSR count). The van der Waals surface area contributed by atoms with E-state index < -0.39 is 6.10 Å². The van der Waals surface area contributed by atoms with E-state index >= 15 is 0 Å². The number of hydrogen-bond donors (Lipinski definition) is 2. The van der Waals surface area contributed by atoms with Crippen LogP contribution in [0.4, 0.5) is 0 Å². The van der Waals surface area contributed by atoms with Crippen molar-refractivity contribution in [2.75, 3.05) is 26.2 Å². The molecule has 1 unspecified atom stereocenters. The molecular weight excluding hydrogens is 458 g/mol. The number of nitrogens with zero attached hydrogens (tertiary/aromatic N) is 4. The minimum absolute atomic E-state index is 0.0366. The van der Waals surface area contributed by atoms with Crippen molar-refractivity contribution < 1.29 is 19.2 Å². The number of benzene rings is 2. The van der Waals surface area contributed by atoms with Gasteiger partial charge in [0.15, 0.2) is 0 Å². The average Bonchev–Trinajstić information content (AvgIpc) is 3.26. The molecule has 1 aliphatic rings. The molecule has 0 aliphatic carbocycles. The van der Waals surface area contributed by atoms with Crippen LogP contribution in [0, 0.1) is 11.3 Å². The largest absolute Gasteiger partial charge is 0.490 e. The number of carbonyl (C=O) groups excluding carboxylic acids is 1. The first kappa shape index (κ1) is 25.4. The third-order valence-corrected chi connectivity index (χ3v) is 5.96. The van der Waals surface area contributed by atoms with Gasteiger partial charge in [-0.05, 0) is 69.0 Å². The molecule has 2 N–H and O–H groups in total. The Morgan fingerprint density at radius 1 is 1.17 bits per heavy atom. The molecule has 9 heteroatoms. The second-order valence-corrected chi connectivity index (χ2v) is 9.33. The Kier molecular flexibility index (Phi) is 7.98. The highest BCUT2D eigenvalue weighted by Crippen LogP contribution is 2.29. The number of rotatable bonds is 8. The van der Waals surface area contributed by atoms with Gasteiger partial charge in [0.25, 0.3) is 5.89 Å². The SMILES string of the molecule is CC(O)CNC(=O)CN1CCc2ccc(-c3noc(-c4ccc(OC(C)C)c(C#N)c4)n3)cc2CC1. The van der Waals surface area contributed by atoms with Gasteiger partial charge in [-0.25, -0.2) is 0 Å². The van der Waals surface area contributed by atoms with E-state index in [2.05, 4.69) is 38.6 Å². The van der Waals surface area contributed by atoms with E-state index in [1.54, 1.807) is 25.1 Å². The van der Waals surface area contributed by atoms with Crippen molar-refractivity contribution >= 4 is 5.91 Å². The Hall–Kier alpha value is -3.74. The Balaban J connectivity index is 1.46. The number of fused-ring (bicyclic) bond motifs is 1. The monoisotopic (exact) mass is 489 g/mol. The lowest BCUT2D eigenvalue weighted by Gasteiger charge is -2.19. The van der Waals surface area contributed by atoms with Crippen molar-refractivity contribution in [3.63, 3.8) is 0 Å². The Labute approximate surface area is 210 Å². The summed E-state index contributed by atoms with van der Waals surface area (Å²) in [5.74, 6) is 1.26. The first-order valence-corrected chi connectivity index (χ1v) is 12.2. The molecule has 0 spiro atoms. The van der Waals surface area contributed by atoms with Crippen LogP contribution in [0.15, 0.2) is 40.9 Å². The highest BCUT2D eigenvalue weighted by atomic mass is 16.5. The van der Waals surface area contributed by atoms with Crippen LogP contribution in [0.25, 0.3) is 22.8 Å². The molecule has 0 saturated carbocycles. The van der Waals surface area contributed by atoms with Gasteiger partial charge in [0.1, 0.15) is 11.8 Å².